The van der Waals surface area contributed by atoms with Gasteiger partial charge in [-0.25, -0.2) is 0 Å². The molecule has 0 N–H and O–H groups in total. The maximum Gasteiger partial charge on any atom is 0.315 e. The lowest BCUT2D eigenvalue weighted by Crippen LogP contribution is -2.34. The first-order valence-corrected chi connectivity index (χ1v) is 4.05. The molecule has 1 rings (SSSR count). The Labute approximate surface area is 77.9 Å². The topological polar surface area (TPSA) is 38.4 Å². The van der Waals surface area contributed by atoms with Crippen LogP contribution in [0.15, 0.2) is 30.3 Å². The van der Waals surface area contributed by atoms with Crippen molar-refractivity contribution in [3.63, 3.8) is 0 Å². The van der Waals surface area contributed by atoms with Gasteiger partial charge >= 0.3 is 5.97 Å². The normalized spacial score (nSPS) is 11.6. The molecule has 71 valence electrons. The van der Waals surface area contributed by atoms with Crippen LogP contribution in [0.5, 0.6) is 0 Å². The molecule has 0 heterocycles. The third-order valence-electron chi connectivity index (χ3n) is 1.89. The maximum atomic E-state index is 11.6. The highest BCUT2D eigenvalue weighted by atomic mass is 16.8. The summed E-state index contributed by atoms with van der Waals surface area (Å²) in [5.41, 5.74) is 0.904. The molecule has 0 unspecified atom stereocenters. The zero-order valence-corrected chi connectivity index (χ0v) is 7.82. The van der Waals surface area contributed by atoms with Crippen molar-refractivity contribution in [2.45, 2.75) is 12.4 Å². The minimum Gasteiger partial charge on any atom is -0.329 e. The summed E-state index contributed by atoms with van der Waals surface area (Å²) in [6, 6.07) is 9.38. The van der Waals surface area contributed by atoms with Crippen LogP contribution in [-0.2, 0) is 21.0 Å². The molecule has 13 heavy (non-hydrogen) atoms. The lowest BCUT2D eigenvalue weighted by Gasteiger charge is -2.21. The highest BCUT2D eigenvalue weighted by Gasteiger charge is 2.28. The molecule has 0 saturated heterocycles. The smallest absolute Gasteiger partial charge is 0.315 e. The second-order valence-electron chi connectivity index (χ2n) is 2.75. The van der Waals surface area contributed by atoms with Gasteiger partial charge in [0, 0.05) is 14.2 Å². The molecule has 0 aliphatic rings. The average molecular weight is 181 g/mol. The van der Waals surface area contributed by atoms with Crippen molar-refractivity contribution < 1.29 is 14.6 Å². The van der Waals surface area contributed by atoms with Crippen LogP contribution in [0.2, 0.25) is 0 Å². The first-order chi connectivity index (χ1) is 6.20. The Morgan fingerprint density at radius 1 is 1.15 bits per heavy atom. The van der Waals surface area contributed by atoms with Gasteiger partial charge in [-0.15, -0.1) is 0 Å². The summed E-state index contributed by atoms with van der Waals surface area (Å²) in [5, 5.41) is 11.6. The Morgan fingerprint density at radius 3 is 2.15 bits per heavy atom. The third-order valence-corrected chi connectivity index (χ3v) is 1.89. The monoisotopic (exact) mass is 181 g/mol. The first kappa shape index (κ1) is 10.2. The van der Waals surface area contributed by atoms with E-state index in [-0.39, 0.29) is 6.42 Å². The molecule has 3 heteroatoms. The van der Waals surface area contributed by atoms with Crippen LogP contribution in [0.3, 0.4) is 0 Å². The second kappa shape index (κ2) is 4.37. The Hall–Kier alpha value is -0.900. The SMILES string of the molecule is COC([O])(Cc1ccccc1)OC. The summed E-state index contributed by atoms with van der Waals surface area (Å²) < 4.78 is 9.43. The molecule has 1 aromatic carbocycles. The highest BCUT2D eigenvalue weighted by molar-refractivity contribution is 5.15. The summed E-state index contributed by atoms with van der Waals surface area (Å²) in [6.45, 7) is 0. The second-order valence-corrected chi connectivity index (χ2v) is 2.75. The van der Waals surface area contributed by atoms with E-state index in [2.05, 4.69) is 0 Å². The van der Waals surface area contributed by atoms with Gasteiger partial charge < -0.3 is 9.47 Å². The van der Waals surface area contributed by atoms with Crippen molar-refractivity contribution in [2.75, 3.05) is 14.2 Å². The van der Waals surface area contributed by atoms with Crippen molar-refractivity contribution in [3.05, 3.63) is 35.9 Å². The molecule has 0 aliphatic heterocycles. The van der Waals surface area contributed by atoms with Crippen LogP contribution in [0.4, 0.5) is 0 Å². The Bertz CT molecular complexity index is 242. The van der Waals surface area contributed by atoms with Gasteiger partial charge in [0.15, 0.2) is 0 Å². The molecule has 0 aliphatic carbocycles. The molecule has 0 fully saturated rings. The van der Waals surface area contributed by atoms with E-state index >= 15 is 0 Å². The first-order valence-electron chi connectivity index (χ1n) is 4.05. The molecule has 0 amide bonds. The zero-order valence-electron chi connectivity index (χ0n) is 7.82. The molecule has 0 spiro atoms. The maximum absolute atomic E-state index is 11.6. The molecule has 0 saturated carbocycles. The lowest BCUT2D eigenvalue weighted by molar-refractivity contribution is -0.368. The van der Waals surface area contributed by atoms with Crippen LogP contribution in [0.1, 0.15) is 5.56 Å². The quantitative estimate of drug-likeness (QED) is 0.662. The number of ether oxygens (including phenoxy) is 2. The lowest BCUT2D eigenvalue weighted by atomic mass is 10.1. The van der Waals surface area contributed by atoms with Gasteiger partial charge in [0.2, 0.25) is 0 Å². The van der Waals surface area contributed by atoms with Crippen molar-refractivity contribution >= 4 is 0 Å². The molecular weight excluding hydrogens is 168 g/mol. The van der Waals surface area contributed by atoms with E-state index in [0.29, 0.717) is 0 Å². The van der Waals surface area contributed by atoms with E-state index in [1.165, 1.54) is 14.2 Å². The summed E-state index contributed by atoms with van der Waals surface area (Å²) in [5.74, 6) is -1.76. The number of methoxy groups -OCH3 is 2. The van der Waals surface area contributed by atoms with Gasteiger partial charge in [0.05, 0.1) is 6.42 Å². The fourth-order valence-electron chi connectivity index (χ4n) is 1.07. The Morgan fingerprint density at radius 2 is 1.69 bits per heavy atom. The minimum atomic E-state index is -1.76. The molecule has 0 atom stereocenters. The largest absolute Gasteiger partial charge is 0.329 e. The molecule has 3 nitrogen and oxygen atoms in total. The minimum absolute atomic E-state index is 0.209. The molecule has 1 radical (unpaired) electrons. The molecule has 0 aromatic heterocycles. The summed E-state index contributed by atoms with van der Waals surface area (Å²) >= 11 is 0. The number of benzene rings is 1. The van der Waals surface area contributed by atoms with Crippen LogP contribution in [-0.4, -0.2) is 20.2 Å². The average Bonchev–Trinajstić information content (AvgIpc) is 2.19. The predicted octanol–water partition coefficient (Wildman–Crippen LogP) is 1.61. The standard InChI is InChI=1S/C10H13O3/c1-12-10(11,13-2)8-9-6-4-3-5-7-9/h3-7H,8H2,1-2H3. The summed E-state index contributed by atoms with van der Waals surface area (Å²) in [7, 11) is 2.69. The zero-order chi connectivity index (χ0) is 9.73. The van der Waals surface area contributed by atoms with Gasteiger partial charge in [-0.3, -0.25) is 0 Å². The van der Waals surface area contributed by atoms with Crippen LogP contribution < -0.4 is 0 Å². The van der Waals surface area contributed by atoms with Gasteiger partial charge in [-0.2, -0.15) is 5.11 Å². The fraction of sp³-hybridized carbons (Fsp3) is 0.400. The third kappa shape index (κ3) is 2.81. The van der Waals surface area contributed by atoms with Crippen molar-refractivity contribution in [2.24, 2.45) is 0 Å². The summed E-state index contributed by atoms with van der Waals surface area (Å²) in [6.07, 6.45) is 0.209. The van der Waals surface area contributed by atoms with Crippen LogP contribution >= 0.6 is 0 Å². The Balaban J connectivity index is 2.68. The van der Waals surface area contributed by atoms with Crippen LogP contribution in [0.25, 0.3) is 0 Å². The van der Waals surface area contributed by atoms with Gasteiger partial charge in [-0.1, -0.05) is 30.3 Å². The van der Waals surface area contributed by atoms with Gasteiger partial charge in [0.25, 0.3) is 0 Å². The van der Waals surface area contributed by atoms with E-state index in [1.54, 1.807) is 0 Å². The van der Waals surface area contributed by atoms with Gasteiger partial charge in [0.1, 0.15) is 0 Å². The van der Waals surface area contributed by atoms with Gasteiger partial charge in [-0.05, 0) is 5.56 Å². The molecular formula is C10H13O3. The van der Waals surface area contributed by atoms with E-state index in [4.69, 9.17) is 9.47 Å². The fourth-order valence-corrected chi connectivity index (χ4v) is 1.07. The number of hydrogen-bond acceptors (Lipinski definition) is 2. The van der Waals surface area contributed by atoms with E-state index in [0.717, 1.165) is 5.56 Å². The van der Waals surface area contributed by atoms with E-state index in [9.17, 15) is 5.11 Å². The number of hydrogen-bond donors (Lipinski definition) is 0. The Kier molecular flexibility index (Phi) is 3.42. The molecule has 1 aromatic rings. The van der Waals surface area contributed by atoms with E-state index < -0.39 is 5.97 Å². The highest BCUT2D eigenvalue weighted by Crippen LogP contribution is 2.15. The number of rotatable bonds is 4. The predicted molar refractivity (Wildman–Crippen MR) is 47.6 cm³/mol. The van der Waals surface area contributed by atoms with Crippen molar-refractivity contribution in [1.82, 2.24) is 0 Å². The van der Waals surface area contributed by atoms with Crippen molar-refractivity contribution in [3.8, 4) is 0 Å². The van der Waals surface area contributed by atoms with Crippen LogP contribution in [0, 0.1) is 0 Å². The van der Waals surface area contributed by atoms with E-state index in [1.807, 2.05) is 30.3 Å². The van der Waals surface area contributed by atoms with Crippen molar-refractivity contribution in [1.29, 1.82) is 0 Å². The molecule has 0 bridgehead atoms. The summed E-state index contributed by atoms with van der Waals surface area (Å²) in [4.78, 5) is 0.